The van der Waals surface area contributed by atoms with Crippen molar-refractivity contribution in [3.8, 4) is 0 Å². The number of rotatable bonds is 4. The van der Waals surface area contributed by atoms with Gasteiger partial charge in [0, 0.05) is 43.9 Å². The predicted octanol–water partition coefficient (Wildman–Crippen LogP) is 4.20. The van der Waals surface area contributed by atoms with Gasteiger partial charge in [0.1, 0.15) is 0 Å². The number of carbonyl (C=O) groups excluding carboxylic acids is 2. The standard InChI is InChI=1S/C29H37N3O2/c1-28(12-16-31(17-13-28)22-23-8-4-2-5-9-23)27(34)32-18-14-29(15-19-32)20-26(33)30-21-25(29)24-10-6-3-7-11-24/h2-11,25H,12-22H2,1H3,(H,30,33)/t25-/m0/s1. The molecule has 3 fully saturated rings. The Hall–Kier alpha value is -2.66. The average molecular weight is 460 g/mol. The highest BCUT2D eigenvalue weighted by Crippen LogP contribution is 2.49. The van der Waals surface area contributed by atoms with E-state index in [-0.39, 0.29) is 16.7 Å². The number of amides is 2. The van der Waals surface area contributed by atoms with Gasteiger partial charge in [0.25, 0.3) is 0 Å². The van der Waals surface area contributed by atoms with E-state index in [0.717, 1.165) is 58.4 Å². The van der Waals surface area contributed by atoms with Crippen LogP contribution in [0.15, 0.2) is 60.7 Å². The van der Waals surface area contributed by atoms with Gasteiger partial charge in [-0.05, 0) is 55.3 Å². The monoisotopic (exact) mass is 459 g/mol. The van der Waals surface area contributed by atoms with E-state index in [2.05, 4.69) is 76.6 Å². The molecule has 3 aliphatic rings. The van der Waals surface area contributed by atoms with Crippen LogP contribution in [0.5, 0.6) is 0 Å². The van der Waals surface area contributed by atoms with E-state index in [1.165, 1.54) is 11.1 Å². The van der Waals surface area contributed by atoms with Crippen LogP contribution in [0, 0.1) is 10.8 Å². The fraction of sp³-hybridized carbons (Fsp3) is 0.517. The quantitative estimate of drug-likeness (QED) is 0.746. The molecule has 5 nitrogen and oxygen atoms in total. The minimum absolute atomic E-state index is 0.0413. The Morgan fingerprint density at radius 3 is 2.18 bits per heavy atom. The first-order valence-corrected chi connectivity index (χ1v) is 12.8. The maximum absolute atomic E-state index is 13.7. The van der Waals surface area contributed by atoms with Gasteiger partial charge < -0.3 is 10.2 Å². The third kappa shape index (κ3) is 4.63. The maximum Gasteiger partial charge on any atom is 0.228 e. The topological polar surface area (TPSA) is 52.7 Å². The summed E-state index contributed by atoms with van der Waals surface area (Å²) in [5.74, 6) is 0.795. The van der Waals surface area contributed by atoms with Gasteiger partial charge in [-0.3, -0.25) is 14.5 Å². The zero-order valence-corrected chi connectivity index (χ0v) is 20.3. The molecule has 0 unspecified atom stereocenters. The van der Waals surface area contributed by atoms with Crippen LogP contribution in [-0.4, -0.2) is 54.3 Å². The van der Waals surface area contributed by atoms with Crippen LogP contribution in [0.2, 0.25) is 0 Å². The van der Waals surface area contributed by atoms with Crippen molar-refractivity contribution in [2.24, 2.45) is 10.8 Å². The summed E-state index contributed by atoms with van der Waals surface area (Å²) in [7, 11) is 0. The van der Waals surface area contributed by atoms with Crippen molar-refractivity contribution in [2.45, 2.75) is 51.5 Å². The third-order valence-corrected chi connectivity index (χ3v) is 8.73. The first-order chi connectivity index (χ1) is 16.5. The number of benzene rings is 2. The summed E-state index contributed by atoms with van der Waals surface area (Å²) in [6, 6.07) is 21.2. The summed E-state index contributed by atoms with van der Waals surface area (Å²) < 4.78 is 0. The Morgan fingerprint density at radius 2 is 1.53 bits per heavy atom. The third-order valence-electron chi connectivity index (χ3n) is 8.73. The second-order valence-electron chi connectivity index (χ2n) is 10.9. The van der Waals surface area contributed by atoms with E-state index < -0.39 is 0 Å². The number of carbonyl (C=O) groups is 2. The molecule has 5 heteroatoms. The molecule has 2 aromatic rings. The number of nitrogens with zero attached hydrogens (tertiary/aromatic N) is 2. The number of likely N-dealkylation sites (tertiary alicyclic amines) is 2. The summed E-state index contributed by atoms with van der Waals surface area (Å²) >= 11 is 0. The maximum atomic E-state index is 13.7. The Balaban J connectivity index is 1.21. The molecule has 1 N–H and O–H groups in total. The molecule has 5 rings (SSSR count). The smallest absolute Gasteiger partial charge is 0.228 e. The molecule has 1 spiro atoms. The Kier molecular flexibility index (Phi) is 6.48. The lowest BCUT2D eigenvalue weighted by Gasteiger charge is -2.50. The Labute approximate surface area is 203 Å². The van der Waals surface area contributed by atoms with Crippen molar-refractivity contribution >= 4 is 11.8 Å². The molecule has 180 valence electrons. The van der Waals surface area contributed by atoms with Crippen molar-refractivity contribution in [3.63, 3.8) is 0 Å². The van der Waals surface area contributed by atoms with E-state index in [1.54, 1.807) is 0 Å². The van der Waals surface area contributed by atoms with Crippen molar-refractivity contribution in [1.82, 2.24) is 15.1 Å². The van der Waals surface area contributed by atoms with E-state index >= 15 is 0 Å². The molecule has 2 amide bonds. The van der Waals surface area contributed by atoms with Crippen LogP contribution < -0.4 is 5.32 Å². The summed E-state index contributed by atoms with van der Waals surface area (Å²) in [5, 5.41) is 3.09. The molecule has 3 saturated heterocycles. The van der Waals surface area contributed by atoms with Crippen LogP contribution in [0.1, 0.15) is 56.1 Å². The Bertz CT molecular complexity index is 991. The van der Waals surface area contributed by atoms with Crippen LogP contribution in [-0.2, 0) is 16.1 Å². The van der Waals surface area contributed by atoms with Gasteiger partial charge in [-0.1, -0.05) is 67.6 Å². The van der Waals surface area contributed by atoms with E-state index in [4.69, 9.17) is 0 Å². The van der Waals surface area contributed by atoms with Crippen LogP contribution in [0.25, 0.3) is 0 Å². The zero-order chi connectivity index (χ0) is 23.6. The fourth-order valence-corrected chi connectivity index (χ4v) is 6.42. The average Bonchev–Trinajstić information content (AvgIpc) is 2.87. The highest BCUT2D eigenvalue weighted by atomic mass is 16.2. The Morgan fingerprint density at radius 1 is 0.912 bits per heavy atom. The second-order valence-corrected chi connectivity index (χ2v) is 10.9. The molecule has 0 saturated carbocycles. The highest BCUT2D eigenvalue weighted by Gasteiger charge is 2.48. The van der Waals surface area contributed by atoms with Crippen molar-refractivity contribution in [1.29, 1.82) is 0 Å². The minimum atomic E-state index is -0.277. The van der Waals surface area contributed by atoms with Gasteiger partial charge in [-0.25, -0.2) is 0 Å². The molecule has 1 atom stereocenters. The molecule has 0 aromatic heterocycles. The zero-order valence-electron chi connectivity index (χ0n) is 20.3. The van der Waals surface area contributed by atoms with Gasteiger partial charge >= 0.3 is 0 Å². The van der Waals surface area contributed by atoms with Crippen molar-refractivity contribution in [2.75, 3.05) is 32.7 Å². The lowest BCUT2D eigenvalue weighted by Crippen LogP contribution is -2.55. The van der Waals surface area contributed by atoms with E-state index in [9.17, 15) is 9.59 Å². The molecule has 0 radical (unpaired) electrons. The lowest BCUT2D eigenvalue weighted by atomic mass is 9.62. The number of piperidine rings is 3. The molecule has 0 bridgehead atoms. The number of hydrogen-bond donors (Lipinski definition) is 1. The van der Waals surface area contributed by atoms with Gasteiger partial charge in [0.15, 0.2) is 0 Å². The largest absolute Gasteiger partial charge is 0.355 e. The molecule has 2 aromatic carbocycles. The fourth-order valence-electron chi connectivity index (χ4n) is 6.42. The first-order valence-electron chi connectivity index (χ1n) is 12.8. The predicted molar refractivity (Wildman–Crippen MR) is 134 cm³/mol. The summed E-state index contributed by atoms with van der Waals surface area (Å²) in [6.07, 6.45) is 4.20. The molecular weight excluding hydrogens is 422 g/mol. The van der Waals surface area contributed by atoms with E-state index in [1.807, 2.05) is 6.07 Å². The van der Waals surface area contributed by atoms with Gasteiger partial charge in [0.05, 0.1) is 0 Å². The number of hydrogen-bond acceptors (Lipinski definition) is 3. The first kappa shape index (κ1) is 23.1. The minimum Gasteiger partial charge on any atom is -0.355 e. The molecule has 34 heavy (non-hydrogen) atoms. The molecule has 0 aliphatic carbocycles. The van der Waals surface area contributed by atoms with Crippen LogP contribution in [0.4, 0.5) is 0 Å². The summed E-state index contributed by atoms with van der Waals surface area (Å²) in [4.78, 5) is 30.6. The molecule has 3 heterocycles. The summed E-state index contributed by atoms with van der Waals surface area (Å²) in [6.45, 7) is 7.28. The van der Waals surface area contributed by atoms with Crippen molar-refractivity contribution in [3.05, 3.63) is 71.8 Å². The van der Waals surface area contributed by atoms with Crippen LogP contribution >= 0.6 is 0 Å². The second kappa shape index (κ2) is 9.53. The van der Waals surface area contributed by atoms with Crippen LogP contribution in [0.3, 0.4) is 0 Å². The normalized spacial score (nSPS) is 24.6. The molecule has 3 aliphatic heterocycles. The van der Waals surface area contributed by atoms with Gasteiger partial charge in [-0.2, -0.15) is 0 Å². The SMILES string of the molecule is CC1(C(=O)N2CCC3(CC2)CC(=O)NC[C@H]3c2ccccc2)CCN(Cc2ccccc2)CC1. The highest BCUT2D eigenvalue weighted by molar-refractivity contribution is 5.83. The van der Waals surface area contributed by atoms with E-state index in [0.29, 0.717) is 24.8 Å². The van der Waals surface area contributed by atoms with Gasteiger partial charge in [-0.15, -0.1) is 0 Å². The number of nitrogens with one attached hydrogen (secondary N) is 1. The molecular formula is C29H37N3O2. The summed E-state index contributed by atoms with van der Waals surface area (Å²) in [5.41, 5.74) is 2.32. The lowest BCUT2D eigenvalue weighted by molar-refractivity contribution is -0.147. The van der Waals surface area contributed by atoms with Crippen molar-refractivity contribution < 1.29 is 9.59 Å². The van der Waals surface area contributed by atoms with Gasteiger partial charge in [0.2, 0.25) is 11.8 Å².